The van der Waals surface area contributed by atoms with Gasteiger partial charge in [0, 0.05) is 4.43 Å². The Morgan fingerprint density at radius 2 is 2.36 bits per heavy atom. The lowest BCUT2D eigenvalue weighted by Crippen LogP contribution is -2.26. The van der Waals surface area contributed by atoms with Crippen molar-refractivity contribution in [1.82, 2.24) is 0 Å². The maximum Gasteiger partial charge on any atom is 0.0748 e. The summed E-state index contributed by atoms with van der Waals surface area (Å²) >= 11 is 2.42. The molecule has 0 aliphatic carbocycles. The van der Waals surface area contributed by atoms with Crippen molar-refractivity contribution in [1.29, 1.82) is 0 Å². The fraction of sp³-hybridized carbons (Fsp3) is 1.00. The van der Waals surface area contributed by atoms with E-state index in [1.807, 2.05) is 0 Å². The van der Waals surface area contributed by atoms with E-state index >= 15 is 0 Å². The Kier molecular flexibility index (Phi) is 3.62. The van der Waals surface area contributed by atoms with Crippen LogP contribution in [0.3, 0.4) is 0 Å². The molecule has 2 unspecified atom stereocenters. The molecule has 1 aliphatic heterocycles. The Hall–Kier alpha value is 0.690. The SMILES string of the molecule is CCCC1CCC(C)(CI)O1. The molecule has 0 aromatic carbocycles. The standard InChI is InChI=1S/C9H17IO/c1-3-4-8-5-6-9(2,7-10)11-8/h8H,3-7H2,1-2H3. The van der Waals surface area contributed by atoms with Crippen molar-refractivity contribution < 1.29 is 4.74 Å². The third-order valence-corrected chi connectivity index (χ3v) is 3.95. The molecule has 2 atom stereocenters. The topological polar surface area (TPSA) is 9.23 Å². The van der Waals surface area contributed by atoms with Gasteiger partial charge in [-0.25, -0.2) is 0 Å². The van der Waals surface area contributed by atoms with E-state index < -0.39 is 0 Å². The minimum atomic E-state index is 0.195. The van der Waals surface area contributed by atoms with Gasteiger partial charge in [0.05, 0.1) is 11.7 Å². The van der Waals surface area contributed by atoms with Gasteiger partial charge in [-0.3, -0.25) is 0 Å². The molecule has 0 radical (unpaired) electrons. The zero-order valence-corrected chi connectivity index (χ0v) is 9.56. The zero-order valence-electron chi connectivity index (χ0n) is 7.40. The van der Waals surface area contributed by atoms with Gasteiger partial charge in [0.1, 0.15) is 0 Å². The van der Waals surface area contributed by atoms with E-state index in [1.54, 1.807) is 0 Å². The van der Waals surface area contributed by atoms with Crippen LogP contribution in [0.1, 0.15) is 39.5 Å². The molecule has 1 saturated heterocycles. The van der Waals surface area contributed by atoms with Crippen molar-refractivity contribution >= 4 is 22.6 Å². The maximum absolute atomic E-state index is 5.93. The summed E-state index contributed by atoms with van der Waals surface area (Å²) in [7, 11) is 0. The fourth-order valence-electron chi connectivity index (χ4n) is 1.61. The molecule has 1 rings (SSSR count). The Balaban J connectivity index is 2.33. The molecule has 0 N–H and O–H groups in total. The lowest BCUT2D eigenvalue weighted by atomic mass is 10.0. The molecule has 1 nitrogen and oxygen atoms in total. The van der Waals surface area contributed by atoms with Crippen LogP contribution in [-0.2, 0) is 4.74 Å². The molecule has 1 aliphatic rings. The predicted molar refractivity (Wildman–Crippen MR) is 56.3 cm³/mol. The normalized spacial score (nSPS) is 37.9. The van der Waals surface area contributed by atoms with Gasteiger partial charge in [-0.2, -0.15) is 0 Å². The van der Waals surface area contributed by atoms with Gasteiger partial charge >= 0.3 is 0 Å². The number of halogens is 1. The molecular weight excluding hydrogens is 251 g/mol. The van der Waals surface area contributed by atoms with Gasteiger partial charge in [0.15, 0.2) is 0 Å². The van der Waals surface area contributed by atoms with E-state index in [1.165, 1.54) is 25.7 Å². The van der Waals surface area contributed by atoms with Crippen LogP contribution < -0.4 is 0 Å². The summed E-state index contributed by atoms with van der Waals surface area (Å²) in [6.07, 6.45) is 5.57. The van der Waals surface area contributed by atoms with Crippen LogP contribution in [0.15, 0.2) is 0 Å². The third kappa shape index (κ3) is 2.58. The summed E-state index contributed by atoms with van der Waals surface area (Å²) in [4.78, 5) is 0. The summed E-state index contributed by atoms with van der Waals surface area (Å²) in [5.74, 6) is 0. The van der Waals surface area contributed by atoms with Crippen LogP contribution in [0, 0.1) is 0 Å². The van der Waals surface area contributed by atoms with Gasteiger partial charge in [-0.1, -0.05) is 35.9 Å². The third-order valence-electron chi connectivity index (χ3n) is 2.34. The molecule has 0 aromatic rings. The number of ether oxygens (including phenoxy) is 1. The number of rotatable bonds is 3. The zero-order chi connectivity index (χ0) is 8.32. The van der Waals surface area contributed by atoms with Crippen molar-refractivity contribution in [3.63, 3.8) is 0 Å². The van der Waals surface area contributed by atoms with Gasteiger partial charge < -0.3 is 4.74 Å². The van der Waals surface area contributed by atoms with Gasteiger partial charge in [-0.05, 0) is 26.2 Å². The van der Waals surface area contributed by atoms with Crippen LogP contribution in [0.4, 0.5) is 0 Å². The van der Waals surface area contributed by atoms with Crippen LogP contribution in [0.25, 0.3) is 0 Å². The van der Waals surface area contributed by atoms with Crippen molar-refractivity contribution in [2.24, 2.45) is 0 Å². The Morgan fingerprint density at radius 3 is 2.82 bits per heavy atom. The summed E-state index contributed by atoms with van der Waals surface area (Å²) in [5.41, 5.74) is 0.195. The van der Waals surface area contributed by atoms with Gasteiger partial charge in [0.25, 0.3) is 0 Å². The van der Waals surface area contributed by atoms with Crippen molar-refractivity contribution in [2.75, 3.05) is 4.43 Å². The molecule has 66 valence electrons. The van der Waals surface area contributed by atoms with Crippen molar-refractivity contribution in [2.45, 2.75) is 51.2 Å². The first-order valence-electron chi connectivity index (χ1n) is 4.44. The highest BCUT2D eigenvalue weighted by atomic mass is 127. The quantitative estimate of drug-likeness (QED) is 0.564. The highest BCUT2D eigenvalue weighted by Gasteiger charge is 2.34. The number of hydrogen-bond donors (Lipinski definition) is 0. The van der Waals surface area contributed by atoms with Crippen molar-refractivity contribution in [3.8, 4) is 0 Å². The highest BCUT2D eigenvalue weighted by Crippen LogP contribution is 2.33. The Morgan fingerprint density at radius 1 is 1.64 bits per heavy atom. The van der Waals surface area contributed by atoms with E-state index in [0.29, 0.717) is 6.10 Å². The second-order valence-corrected chi connectivity index (χ2v) is 4.41. The molecular formula is C9H17IO. The van der Waals surface area contributed by atoms with Crippen LogP contribution in [-0.4, -0.2) is 16.1 Å². The molecule has 0 aromatic heterocycles. The van der Waals surface area contributed by atoms with E-state index in [2.05, 4.69) is 36.4 Å². The Labute approximate surface area is 83.0 Å². The first kappa shape index (κ1) is 9.78. The van der Waals surface area contributed by atoms with Crippen molar-refractivity contribution in [3.05, 3.63) is 0 Å². The summed E-state index contributed by atoms with van der Waals surface area (Å²) in [6, 6.07) is 0. The minimum Gasteiger partial charge on any atom is -0.371 e. The first-order valence-corrected chi connectivity index (χ1v) is 5.96. The lowest BCUT2D eigenvalue weighted by Gasteiger charge is -2.21. The predicted octanol–water partition coefficient (Wildman–Crippen LogP) is 3.16. The lowest BCUT2D eigenvalue weighted by molar-refractivity contribution is -0.0132. The summed E-state index contributed by atoms with van der Waals surface area (Å²) in [5, 5.41) is 0. The average molecular weight is 268 g/mol. The fourth-order valence-corrected chi connectivity index (χ4v) is 2.17. The minimum absolute atomic E-state index is 0.195. The average Bonchev–Trinajstić information content (AvgIpc) is 2.35. The largest absolute Gasteiger partial charge is 0.371 e. The molecule has 0 spiro atoms. The highest BCUT2D eigenvalue weighted by molar-refractivity contribution is 14.1. The molecule has 1 heterocycles. The smallest absolute Gasteiger partial charge is 0.0748 e. The molecule has 0 amide bonds. The van der Waals surface area contributed by atoms with Crippen LogP contribution in [0.2, 0.25) is 0 Å². The van der Waals surface area contributed by atoms with Crippen LogP contribution in [0.5, 0.6) is 0 Å². The maximum atomic E-state index is 5.93. The van der Waals surface area contributed by atoms with E-state index in [0.717, 1.165) is 4.43 Å². The molecule has 11 heavy (non-hydrogen) atoms. The molecule has 2 heteroatoms. The van der Waals surface area contributed by atoms with Gasteiger partial charge in [0.2, 0.25) is 0 Å². The first-order chi connectivity index (χ1) is 5.20. The van der Waals surface area contributed by atoms with E-state index in [9.17, 15) is 0 Å². The van der Waals surface area contributed by atoms with E-state index in [4.69, 9.17) is 4.74 Å². The van der Waals surface area contributed by atoms with Gasteiger partial charge in [-0.15, -0.1) is 0 Å². The van der Waals surface area contributed by atoms with Crippen LogP contribution >= 0.6 is 22.6 Å². The van der Waals surface area contributed by atoms with E-state index in [-0.39, 0.29) is 5.60 Å². The number of hydrogen-bond acceptors (Lipinski definition) is 1. The molecule has 0 bridgehead atoms. The summed E-state index contributed by atoms with van der Waals surface area (Å²) < 4.78 is 7.06. The second-order valence-electron chi connectivity index (χ2n) is 3.65. The Bertz CT molecular complexity index is 127. The molecule has 0 saturated carbocycles. The number of alkyl halides is 1. The summed E-state index contributed by atoms with van der Waals surface area (Å²) in [6.45, 7) is 4.46. The molecule has 1 fully saturated rings. The second kappa shape index (κ2) is 4.08. The monoisotopic (exact) mass is 268 g/mol.